The lowest BCUT2D eigenvalue weighted by Gasteiger charge is -2.45. The van der Waals surface area contributed by atoms with Crippen LogP contribution < -0.4 is 10.9 Å². The third-order valence-electron chi connectivity index (χ3n) is 6.22. The number of rotatable bonds is 2. The van der Waals surface area contributed by atoms with Gasteiger partial charge in [-0.1, -0.05) is 0 Å². The molecule has 2 aromatic rings. The van der Waals surface area contributed by atoms with Crippen molar-refractivity contribution in [2.24, 2.45) is 0 Å². The Labute approximate surface area is 160 Å². The smallest absolute Gasteiger partial charge is 0.287 e. The van der Waals surface area contributed by atoms with Gasteiger partial charge in [-0.25, -0.2) is 14.4 Å². The topological polar surface area (TPSA) is 83.4 Å². The van der Waals surface area contributed by atoms with E-state index in [1.807, 2.05) is 0 Å². The molecule has 2 bridgehead atoms. The fourth-order valence-corrected chi connectivity index (χ4v) is 5.16. The number of hydrogen-bond acceptors (Lipinski definition) is 6. The molecule has 2 unspecified atom stereocenters. The van der Waals surface area contributed by atoms with Crippen LogP contribution in [0.15, 0.2) is 35.5 Å². The quantitative estimate of drug-likeness (QED) is 0.794. The van der Waals surface area contributed by atoms with Gasteiger partial charge >= 0.3 is 0 Å². The summed E-state index contributed by atoms with van der Waals surface area (Å²) >= 11 is 6.52. The van der Waals surface area contributed by atoms with E-state index in [1.165, 1.54) is 10.7 Å². The first kappa shape index (κ1) is 16.7. The van der Waals surface area contributed by atoms with Crippen molar-refractivity contribution in [3.05, 3.63) is 46.8 Å². The molecule has 1 spiro atoms. The van der Waals surface area contributed by atoms with Crippen molar-refractivity contribution < 1.29 is 4.79 Å². The molecule has 140 valence electrons. The largest absolute Gasteiger partial charge is 0.336 e. The Morgan fingerprint density at radius 3 is 2.59 bits per heavy atom. The minimum Gasteiger partial charge on any atom is -0.336 e. The van der Waals surface area contributed by atoms with Gasteiger partial charge in [0.2, 0.25) is 0 Å². The predicted molar refractivity (Wildman–Crippen MR) is 99.8 cm³/mol. The molecule has 2 atom stereocenters. The van der Waals surface area contributed by atoms with E-state index in [4.69, 9.17) is 11.8 Å². The number of amides is 1. The van der Waals surface area contributed by atoms with E-state index in [-0.39, 0.29) is 11.5 Å². The maximum absolute atomic E-state index is 13.4. The van der Waals surface area contributed by atoms with Gasteiger partial charge < -0.3 is 10.2 Å². The van der Waals surface area contributed by atoms with Gasteiger partial charge in [0.05, 0.1) is 0 Å². The van der Waals surface area contributed by atoms with Crippen LogP contribution in [0.5, 0.6) is 0 Å². The molecule has 1 amide bonds. The average Bonchev–Trinajstić information content (AvgIpc) is 3.00. The number of carbonyl (C=O) groups excluding carboxylic acids is 1. The highest BCUT2D eigenvalue weighted by atomic mass is 35.5. The lowest BCUT2D eigenvalue weighted by Crippen LogP contribution is -2.56. The number of pyridine rings is 1. The Morgan fingerprint density at radius 2 is 1.93 bits per heavy atom. The van der Waals surface area contributed by atoms with E-state index in [1.54, 1.807) is 29.0 Å². The highest BCUT2D eigenvalue weighted by Crippen LogP contribution is 2.49. The summed E-state index contributed by atoms with van der Waals surface area (Å²) in [5, 5.41) is 3.03. The summed E-state index contributed by atoms with van der Waals surface area (Å²) in [7, 11) is 2.11. The number of nitrogens with zero attached hydrogens (tertiary/aromatic N) is 5. The number of piperidine rings is 1. The minimum absolute atomic E-state index is 0.258. The van der Waals surface area contributed by atoms with Gasteiger partial charge in [-0.15, -0.1) is 0 Å². The number of halogens is 1. The molecule has 3 aliphatic rings. The van der Waals surface area contributed by atoms with Gasteiger partial charge in [0.25, 0.3) is 11.5 Å². The summed E-state index contributed by atoms with van der Waals surface area (Å²) in [6, 6.07) is 5.59. The van der Waals surface area contributed by atoms with Gasteiger partial charge in [0, 0.05) is 42.9 Å². The first-order chi connectivity index (χ1) is 13.0. The molecule has 27 heavy (non-hydrogen) atoms. The lowest BCUT2D eigenvalue weighted by atomic mass is 9.91. The first-order valence-corrected chi connectivity index (χ1v) is 9.37. The number of fused-ring (bicyclic) bond motifs is 4. The van der Waals surface area contributed by atoms with Gasteiger partial charge in [-0.05, 0) is 38.1 Å². The van der Waals surface area contributed by atoms with Crippen molar-refractivity contribution >= 4 is 29.2 Å². The van der Waals surface area contributed by atoms with Crippen molar-refractivity contribution in [2.45, 2.75) is 43.4 Å². The van der Waals surface area contributed by atoms with Crippen LogP contribution >= 0.6 is 11.8 Å². The summed E-state index contributed by atoms with van der Waals surface area (Å²) in [5.41, 5.74) is -0.367. The first-order valence-electron chi connectivity index (χ1n) is 9.03. The van der Waals surface area contributed by atoms with Gasteiger partial charge in [-0.3, -0.25) is 14.2 Å². The molecule has 0 saturated carbocycles. The molecule has 9 heteroatoms. The van der Waals surface area contributed by atoms with Crippen molar-refractivity contribution in [3.8, 4) is 0 Å². The third-order valence-corrected chi connectivity index (χ3v) is 6.68. The van der Waals surface area contributed by atoms with Crippen LogP contribution in [0.2, 0.25) is 0 Å². The lowest BCUT2D eigenvalue weighted by molar-refractivity contribution is 0.00786. The number of hydrogen-bond donors (Lipinski definition) is 1. The standard InChI is InChI=1S/C18H19ClN6O2/c1-23-11-2-3-12(23)9-18(8-11)24-14(17(27)25(18)19)5-4-13(16(24)26)22-15-6-7-20-10-21-15/h4-7,10-12H,2-3,8-9H2,1H3,(H,20,21,22). The molecule has 0 radical (unpaired) electrons. The SMILES string of the molecule is CN1C2CCC1CC1(C2)N(Cl)C(=O)c2ccc(Nc3ccncn3)c(=O)n21. The van der Waals surface area contributed by atoms with Crippen LogP contribution in [0.4, 0.5) is 11.5 Å². The Bertz CT molecular complexity index is 964. The molecular formula is C18H19ClN6O2. The normalized spacial score (nSPS) is 29.4. The average molecular weight is 387 g/mol. The van der Waals surface area contributed by atoms with Gasteiger partial charge in [0.15, 0.2) is 0 Å². The van der Waals surface area contributed by atoms with Crippen molar-refractivity contribution in [1.82, 2.24) is 23.9 Å². The van der Waals surface area contributed by atoms with E-state index in [2.05, 4.69) is 27.2 Å². The second kappa shape index (κ2) is 5.77. The predicted octanol–water partition coefficient (Wildman–Crippen LogP) is 1.90. The Kier molecular flexibility index (Phi) is 3.57. The summed E-state index contributed by atoms with van der Waals surface area (Å²) in [4.78, 5) is 36.5. The molecule has 2 aromatic heterocycles. The fourth-order valence-electron chi connectivity index (χ4n) is 4.86. The Balaban J connectivity index is 1.63. The molecule has 5 rings (SSSR count). The van der Waals surface area contributed by atoms with E-state index in [0.29, 0.717) is 42.1 Å². The van der Waals surface area contributed by atoms with E-state index < -0.39 is 5.66 Å². The molecule has 3 aliphatic heterocycles. The van der Waals surface area contributed by atoms with Gasteiger partial charge in [-0.2, -0.15) is 0 Å². The Morgan fingerprint density at radius 1 is 1.19 bits per heavy atom. The second-order valence-electron chi connectivity index (χ2n) is 7.52. The molecule has 2 fully saturated rings. The minimum atomic E-state index is -0.813. The maximum Gasteiger partial charge on any atom is 0.287 e. The highest BCUT2D eigenvalue weighted by molar-refractivity contribution is 6.25. The fraction of sp³-hybridized carbons (Fsp3) is 0.444. The number of anilines is 2. The van der Waals surface area contributed by atoms with Crippen LogP contribution in [0, 0.1) is 0 Å². The zero-order valence-electron chi connectivity index (χ0n) is 14.8. The summed E-state index contributed by atoms with van der Waals surface area (Å²) < 4.78 is 2.86. The second-order valence-corrected chi connectivity index (χ2v) is 7.86. The summed E-state index contributed by atoms with van der Waals surface area (Å²) in [6.45, 7) is 0. The van der Waals surface area contributed by atoms with Crippen LogP contribution in [-0.4, -0.2) is 48.9 Å². The molecule has 2 saturated heterocycles. The van der Waals surface area contributed by atoms with Crippen molar-refractivity contribution in [1.29, 1.82) is 0 Å². The van der Waals surface area contributed by atoms with Crippen LogP contribution in [0.25, 0.3) is 0 Å². The maximum atomic E-state index is 13.4. The van der Waals surface area contributed by atoms with E-state index in [9.17, 15) is 9.59 Å². The van der Waals surface area contributed by atoms with Crippen molar-refractivity contribution in [2.75, 3.05) is 12.4 Å². The van der Waals surface area contributed by atoms with Crippen molar-refractivity contribution in [3.63, 3.8) is 0 Å². The third kappa shape index (κ3) is 2.26. The van der Waals surface area contributed by atoms with Gasteiger partial charge in [0.1, 0.15) is 29.2 Å². The van der Waals surface area contributed by atoms with Crippen LogP contribution in [0.1, 0.15) is 36.2 Å². The van der Waals surface area contributed by atoms with E-state index >= 15 is 0 Å². The Hall–Kier alpha value is -2.45. The van der Waals surface area contributed by atoms with Crippen LogP contribution in [-0.2, 0) is 5.66 Å². The molecule has 1 N–H and O–H groups in total. The highest BCUT2D eigenvalue weighted by Gasteiger charge is 2.57. The number of carbonyl (C=O) groups is 1. The molecular weight excluding hydrogens is 368 g/mol. The monoisotopic (exact) mass is 386 g/mol. The molecule has 8 nitrogen and oxygen atoms in total. The molecule has 0 aromatic carbocycles. The summed E-state index contributed by atoms with van der Waals surface area (Å²) in [6.07, 6.45) is 6.43. The zero-order chi connectivity index (χ0) is 18.8. The zero-order valence-corrected chi connectivity index (χ0v) is 15.6. The van der Waals surface area contributed by atoms with Crippen LogP contribution in [0.3, 0.4) is 0 Å². The number of nitrogens with one attached hydrogen (secondary N) is 1. The molecule has 0 aliphatic carbocycles. The molecule has 5 heterocycles. The van der Waals surface area contributed by atoms with E-state index in [0.717, 1.165) is 12.8 Å². The number of aromatic nitrogens is 3. The summed E-state index contributed by atoms with van der Waals surface area (Å²) in [5.74, 6) is 0.207.